The quantitative estimate of drug-likeness (QED) is 0.708. The van der Waals surface area contributed by atoms with Gasteiger partial charge in [-0.3, -0.25) is 4.21 Å². The standard InChI is InChI=1S/C22H25ClN4O3S/c23-16-4-2-13(3-5-16)17-14-8-15(17)10-27(9-14)21-24-19(26-22(11-28)6-1-7-22)18-20(25-21)30-12-31(18)29/h2-5,14-15,17,28H,1,6-12H2,(H,24,25,26). The number of hydrogen-bond acceptors (Lipinski definition) is 7. The van der Waals surface area contributed by atoms with Gasteiger partial charge in [-0.05, 0) is 61.1 Å². The second kappa shape index (κ2) is 7.32. The first kappa shape index (κ1) is 19.8. The highest BCUT2D eigenvalue weighted by Crippen LogP contribution is 2.52. The molecule has 3 unspecified atom stereocenters. The minimum absolute atomic E-state index is 0.0330. The van der Waals surface area contributed by atoms with Crippen LogP contribution in [-0.2, 0) is 10.8 Å². The molecule has 1 aromatic carbocycles. The molecule has 3 aliphatic heterocycles. The van der Waals surface area contributed by atoms with Crippen molar-refractivity contribution in [3.63, 3.8) is 0 Å². The molecule has 31 heavy (non-hydrogen) atoms. The van der Waals surface area contributed by atoms with E-state index in [9.17, 15) is 9.32 Å². The first-order chi connectivity index (χ1) is 15.0. The Kier molecular flexibility index (Phi) is 4.67. The third-order valence-corrected chi connectivity index (χ3v) is 8.83. The number of aliphatic hydroxyl groups is 1. The molecule has 2 bridgehead atoms. The Labute approximate surface area is 188 Å². The maximum Gasteiger partial charge on any atom is 0.238 e. The van der Waals surface area contributed by atoms with Gasteiger partial charge in [0.1, 0.15) is 15.7 Å². The van der Waals surface area contributed by atoms with Gasteiger partial charge in [-0.1, -0.05) is 23.7 Å². The molecule has 2 aliphatic carbocycles. The predicted molar refractivity (Wildman–Crippen MR) is 119 cm³/mol. The average Bonchev–Trinajstić information content (AvgIpc) is 3.13. The highest BCUT2D eigenvalue weighted by molar-refractivity contribution is 7.85. The number of anilines is 2. The Morgan fingerprint density at radius 2 is 1.97 bits per heavy atom. The first-order valence-electron chi connectivity index (χ1n) is 10.9. The summed E-state index contributed by atoms with van der Waals surface area (Å²) in [6, 6.07) is 8.23. The lowest BCUT2D eigenvalue weighted by atomic mass is 9.59. The van der Waals surface area contributed by atoms with E-state index in [0.29, 0.717) is 40.3 Å². The molecule has 2 N–H and O–H groups in total. The molecule has 0 radical (unpaired) electrons. The van der Waals surface area contributed by atoms with Crippen LogP contribution < -0.4 is 15.0 Å². The van der Waals surface area contributed by atoms with Crippen molar-refractivity contribution in [3.05, 3.63) is 34.9 Å². The monoisotopic (exact) mass is 460 g/mol. The van der Waals surface area contributed by atoms with Crippen molar-refractivity contribution in [3.8, 4) is 5.88 Å². The third-order valence-electron chi connectivity index (χ3n) is 7.42. The SMILES string of the molecule is O=S1COc2nc(N3CC4CC(C3)C4c3ccc(Cl)cc3)nc(NC3(CO)CCC3)c21. The molecule has 3 atom stereocenters. The van der Waals surface area contributed by atoms with Crippen LogP contribution in [-0.4, -0.2) is 50.5 Å². The van der Waals surface area contributed by atoms with Crippen LogP contribution in [0.1, 0.15) is 37.2 Å². The molecule has 164 valence electrons. The maximum absolute atomic E-state index is 12.5. The molecule has 9 heteroatoms. The van der Waals surface area contributed by atoms with E-state index in [1.807, 2.05) is 12.1 Å². The van der Waals surface area contributed by atoms with Crippen LogP contribution in [0.5, 0.6) is 5.88 Å². The lowest BCUT2D eigenvalue weighted by Gasteiger charge is -2.54. The van der Waals surface area contributed by atoms with E-state index in [0.717, 1.165) is 37.4 Å². The fourth-order valence-electron chi connectivity index (χ4n) is 5.57. The third kappa shape index (κ3) is 3.22. The Bertz CT molecular complexity index is 1030. The van der Waals surface area contributed by atoms with Gasteiger partial charge in [0.05, 0.1) is 12.1 Å². The highest BCUT2D eigenvalue weighted by Gasteiger charge is 2.48. The van der Waals surface area contributed by atoms with Crippen LogP contribution in [0.2, 0.25) is 5.02 Å². The van der Waals surface area contributed by atoms with Crippen molar-refractivity contribution in [1.29, 1.82) is 0 Å². The Balaban J connectivity index is 1.27. The maximum atomic E-state index is 12.5. The van der Waals surface area contributed by atoms with E-state index in [-0.39, 0.29) is 18.1 Å². The topological polar surface area (TPSA) is 87.6 Å². The Morgan fingerprint density at radius 3 is 2.61 bits per heavy atom. The molecular weight excluding hydrogens is 436 g/mol. The zero-order valence-corrected chi connectivity index (χ0v) is 18.7. The highest BCUT2D eigenvalue weighted by atomic mass is 35.5. The first-order valence-corrected chi connectivity index (χ1v) is 12.6. The molecule has 0 amide bonds. The second-order valence-corrected chi connectivity index (χ2v) is 11.0. The number of aliphatic hydroxyl groups excluding tert-OH is 1. The van der Waals surface area contributed by atoms with Crippen molar-refractivity contribution in [1.82, 2.24) is 9.97 Å². The molecule has 1 aromatic heterocycles. The van der Waals surface area contributed by atoms with E-state index in [1.54, 1.807) is 0 Å². The number of fused-ring (bicyclic) bond motifs is 3. The Hall–Kier alpha value is -1.90. The van der Waals surface area contributed by atoms with E-state index < -0.39 is 10.8 Å². The normalized spacial score (nSPS) is 30.1. The van der Waals surface area contributed by atoms with Gasteiger partial charge in [0, 0.05) is 18.1 Å². The largest absolute Gasteiger partial charge is 0.463 e. The summed E-state index contributed by atoms with van der Waals surface area (Å²) in [7, 11) is -1.29. The summed E-state index contributed by atoms with van der Waals surface area (Å²) < 4.78 is 18.1. The van der Waals surface area contributed by atoms with Crippen molar-refractivity contribution in [2.75, 3.05) is 35.9 Å². The molecule has 0 spiro atoms. The van der Waals surface area contributed by atoms with E-state index in [2.05, 4.69) is 27.3 Å². The van der Waals surface area contributed by atoms with Gasteiger partial charge in [-0.2, -0.15) is 9.97 Å². The number of benzene rings is 1. The summed E-state index contributed by atoms with van der Waals surface area (Å²) in [5.41, 5.74) is 0.978. The molecule has 2 saturated heterocycles. The van der Waals surface area contributed by atoms with E-state index >= 15 is 0 Å². The number of halogens is 1. The number of piperidine rings is 2. The molecule has 2 saturated carbocycles. The zero-order valence-electron chi connectivity index (χ0n) is 17.1. The van der Waals surface area contributed by atoms with E-state index in [4.69, 9.17) is 21.3 Å². The zero-order chi connectivity index (χ0) is 21.2. The number of ether oxygens (including phenoxy) is 1. The minimum atomic E-state index is -1.29. The van der Waals surface area contributed by atoms with Gasteiger partial charge in [0.2, 0.25) is 11.8 Å². The smallest absolute Gasteiger partial charge is 0.238 e. The summed E-state index contributed by atoms with van der Waals surface area (Å²) >= 11 is 6.06. The summed E-state index contributed by atoms with van der Waals surface area (Å²) in [4.78, 5) is 12.2. The number of rotatable bonds is 5. The summed E-state index contributed by atoms with van der Waals surface area (Å²) in [5, 5.41) is 14.1. The molecule has 7 rings (SSSR count). The summed E-state index contributed by atoms with van der Waals surface area (Å²) in [5.74, 6) is 3.36. The minimum Gasteiger partial charge on any atom is -0.463 e. The van der Waals surface area contributed by atoms with Crippen LogP contribution in [0.15, 0.2) is 29.2 Å². The molecule has 5 aliphatic rings. The molecule has 4 heterocycles. The van der Waals surface area contributed by atoms with Gasteiger partial charge >= 0.3 is 0 Å². The second-order valence-electron chi connectivity index (χ2n) is 9.27. The lowest BCUT2D eigenvalue weighted by Crippen LogP contribution is -2.54. The summed E-state index contributed by atoms with van der Waals surface area (Å²) in [6.45, 7) is 1.80. The summed E-state index contributed by atoms with van der Waals surface area (Å²) in [6.07, 6.45) is 4.03. The molecule has 4 fully saturated rings. The van der Waals surface area contributed by atoms with Gasteiger partial charge in [0.25, 0.3) is 0 Å². The number of hydrogen-bond donors (Lipinski definition) is 2. The predicted octanol–water partition coefficient (Wildman–Crippen LogP) is 3.15. The molecular formula is C22H25ClN4O3S. The van der Waals surface area contributed by atoms with Crippen LogP contribution in [0.25, 0.3) is 0 Å². The van der Waals surface area contributed by atoms with Crippen LogP contribution in [0, 0.1) is 11.8 Å². The fourth-order valence-corrected chi connectivity index (χ4v) is 6.65. The number of nitrogens with zero attached hydrogens (tertiary/aromatic N) is 3. The van der Waals surface area contributed by atoms with Crippen LogP contribution in [0.3, 0.4) is 0 Å². The van der Waals surface area contributed by atoms with Crippen molar-refractivity contribution in [2.45, 2.75) is 42.0 Å². The van der Waals surface area contributed by atoms with Gasteiger partial charge in [-0.15, -0.1) is 0 Å². The Morgan fingerprint density at radius 1 is 1.23 bits per heavy atom. The van der Waals surface area contributed by atoms with Crippen molar-refractivity contribution < 1.29 is 14.1 Å². The van der Waals surface area contributed by atoms with Crippen LogP contribution >= 0.6 is 11.6 Å². The molecule has 7 nitrogen and oxygen atoms in total. The number of nitrogens with one attached hydrogen (secondary N) is 1. The van der Waals surface area contributed by atoms with Gasteiger partial charge in [0.15, 0.2) is 11.8 Å². The fraction of sp³-hybridized carbons (Fsp3) is 0.545. The van der Waals surface area contributed by atoms with Crippen molar-refractivity contribution >= 4 is 34.2 Å². The van der Waals surface area contributed by atoms with Gasteiger partial charge in [-0.25, -0.2) is 0 Å². The van der Waals surface area contributed by atoms with E-state index in [1.165, 1.54) is 12.0 Å². The average molecular weight is 461 g/mol. The van der Waals surface area contributed by atoms with Gasteiger partial charge < -0.3 is 20.1 Å². The number of aromatic nitrogens is 2. The van der Waals surface area contributed by atoms with Crippen molar-refractivity contribution in [2.24, 2.45) is 11.8 Å². The molecule has 2 aromatic rings. The van der Waals surface area contributed by atoms with Crippen LogP contribution in [0.4, 0.5) is 11.8 Å². The lowest BCUT2D eigenvalue weighted by molar-refractivity contribution is 0.110.